The van der Waals surface area contributed by atoms with Gasteiger partial charge < -0.3 is 14.7 Å². The molecule has 30 heavy (non-hydrogen) atoms. The molecule has 0 spiro atoms. The summed E-state index contributed by atoms with van der Waals surface area (Å²) in [5, 5.41) is 0. The topological polar surface area (TPSA) is 43.9 Å². The summed E-state index contributed by atoms with van der Waals surface area (Å²) in [6.07, 6.45) is -4.46. The fourth-order valence-corrected chi connectivity index (χ4v) is 4.05. The normalized spacial score (nSPS) is 20.0. The second-order valence-corrected chi connectivity index (χ2v) is 7.60. The highest BCUT2D eigenvalue weighted by molar-refractivity contribution is 6.00. The summed E-state index contributed by atoms with van der Waals surface area (Å²) >= 11 is 0. The van der Waals surface area contributed by atoms with Crippen LogP contribution in [0.5, 0.6) is 0 Å². The number of alkyl halides is 3. The van der Waals surface area contributed by atoms with Gasteiger partial charge in [-0.15, -0.1) is 0 Å². The maximum Gasteiger partial charge on any atom is 0.416 e. The van der Waals surface area contributed by atoms with E-state index in [1.807, 2.05) is 30.3 Å². The largest absolute Gasteiger partial charge is 0.416 e. The summed E-state index contributed by atoms with van der Waals surface area (Å²) in [6.45, 7) is 2.63. The molecule has 2 saturated heterocycles. The number of hydrogen-bond acceptors (Lipinski definition) is 3. The first-order valence-corrected chi connectivity index (χ1v) is 9.89. The number of carbonyl (C=O) groups is 2. The number of carbonyl (C=O) groups excluding carboxylic acids is 2. The lowest BCUT2D eigenvalue weighted by Crippen LogP contribution is -2.50. The summed E-state index contributed by atoms with van der Waals surface area (Å²) in [7, 11) is 0. The quantitative estimate of drug-likeness (QED) is 0.769. The van der Waals surface area contributed by atoms with Crippen molar-refractivity contribution in [3.8, 4) is 0 Å². The molecule has 2 aromatic rings. The molecule has 0 saturated carbocycles. The van der Waals surface area contributed by atoms with Gasteiger partial charge in [0.05, 0.1) is 11.5 Å². The second-order valence-electron chi connectivity index (χ2n) is 7.60. The first kappa shape index (κ1) is 20.3. The first-order chi connectivity index (χ1) is 14.3. The summed E-state index contributed by atoms with van der Waals surface area (Å²) in [5.41, 5.74) is 0.481. The van der Waals surface area contributed by atoms with Crippen LogP contribution in [0.4, 0.5) is 24.5 Å². The third kappa shape index (κ3) is 4.13. The lowest BCUT2D eigenvalue weighted by molar-refractivity contribution is -0.137. The number of hydrogen-bond donors (Lipinski definition) is 0. The highest BCUT2D eigenvalue weighted by Gasteiger charge is 2.39. The van der Waals surface area contributed by atoms with Gasteiger partial charge in [-0.25, -0.2) is 0 Å². The van der Waals surface area contributed by atoms with Gasteiger partial charge in [0.1, 0.15) is 0 Å². The number of piperazine rings is 1. The van der Waals surface area contributed by atoms with Crippen molar-refractivity contribution in [3.63, 3.8) is 0 Å². The zero-order valence-corrected chi connectivity index (χ0v) is 16.3. The highest BCUT2D eigenvalue weighted by atomic mass is 19.4. The molecular formula is C22H22F3N3O2. The van der Waals surface area contributed by atoms with Crippen LogP contribution in [0.2, 0.25) is 0 Å². The van der Waals surface area contributed by atoms with E-state index < -0.39 is 17.7 Å². The summed E-state index contributed by atoms with van der Waals surface area (Å²) in [5.74, 6) is -0.962. The van der Waals surface area contributed by atoms with Crippen LogP contribution in [-0.4, -0.2) is 49.4 Å². The Bertz CT molecular complexity index is 925. The minimum absolute atomic E-state index is 0.0218. The zero-order chi connectivity index (χ0) is 21.3. The fraction of sp³-hybridized carbons (Fsp3) is 0.364. The molecule has 2 heterocycles. The molecule has 0 aliphatic carbocycles. The smallest absolute Gasteiger partial charge is 0.368 e. The molecule has 0 radical (unpaired) electrons. The maximum atomic E-state index is 13.0. The Morgan fingerprint density at radius 3 is 2.23 bits per heavy atom. The van der Waals surface area contributed by atoms with E-state index in [1.165, 1.54) is 17.0 Å². The van der Waals surface area contributed by atoms with Gasteiger partial charge in [0, 0.05) is 50.5 Å². The van der Waals surface area contributed by atoms with Gasteiger partial charge in [-0.1, -0.05) is 24.3 Å². The minimum Gasteiger partial charge on any atom is -0.368 e. The summed E-state index contributed by atoms with van der Waals surface area (Å²) < 4.78 is 39.0. The lowest BCUT2D eigenvalue weighted by Gasteiger charge is -2.37. The fourth-order valence-electron chi connectivity index (χ4n) is 4.05. The molecule has 0 bridgehead atoms. The van der Waals surface area contributed by atoms with Gasteiger partial charge in [-0.05, 0) is 30.3 Å². The van der Waals surface area contributed by atoms with Gasteiger partial charge in [-0.3, -0.25) is 9.59 Å². The van der Waals surface area contributed by atoms with Crippen LogP contribution in [0.25, 0.3) is 0 Å². The van der Waals surface area contributed by atoms with Crippen molar-refractivity contribution in [3.05, 3.63) is 60.2 Å². The molecule has 4 rings (SSSR count). The molecule has 0 aromatic heterocycles. The van der Waals surface area contributed by atoms with E-state index in [4.69, 9.17) is 0 Å². The summed E-state index contributed by atoms with van der Waals surface area (Å²) in [6, 6.07) is 14.6. The number of anilines is 2. The molecule has 158 valence electrons. The Hall–Kier alpha value is -3.03. The maximum absolute atomic E-state index is 13.0. The molecule has 0 unspecified atom stereocenters. The molecule has 2 aliphatic heterocycles. The van der Waals surface area contributed by atoms with Gasteiger partial charge in [0.15, 0.2) is 0 Å². The molecule has 2 aromatic carbocycles. The molecule has 8 heteroatoms. The monoisotopic (exact) mass is 417 g/mol. The molecule has 2 fully saturated rings. The van der Waals surface area contributed by atoms with Crippen molar-refractivity contribution in [1.29, 1.82) is 0 Å². The Balaban J connectivity index is 1.39. The Morgan fingerprint density at radius 1 is 0.900 bits per heavy atom. The second kappa shape index (κ2) is 8.01. The van der Waals surface area contributed by atoms with Crippen LogP contribution >= 0.6 is 0 Å². The van der Waals surface area contributed by atoms with Crippen molar-refractivity contribution >= 4 is 23.2 Å². The third-order valence-electron chi connectivity index (χ3n) is 5.67. The number of rotatable bonds is 3. The van der Waals surface area contributed by atoms with Crippen LogP contribution < -0.4 is 9.80 Å². The molecule has 0 N–H and O–H groups in total. The number of halogens is 3. The van der Waals surface area contributed by atoms with E-state index in [2.05, 4.69) is 4.90 Å². The van der Waals surface area contributed by atoms with Crippen LogP contribution in [0.3, 0.4) is 0 Å². The van der Waals surface area contributed by atoms with Gasteiger partial charge >= 0.3 is 6.18 Å². The molecule has 5 nitrogen and oxygen atoms in total. The minimum atomic E-state index is -4.48. The van der Waals surface area contributed by atoms with Crippen molar-refractivity contribution in [2.75, 3.05) is 42.5 Å². The Morgan fingerprint density at radius 2 is 1.57 bits per heavy atom. The zero-order valence-electron chi connectivity index (χ0n) is 16.3. The molecule has 1 atom stereocenters. The van der Waals surface area contributed by atoms with Gasteiger partial charge in [-0.2, -0.15) is 13.2 Å². The van der Waals surface area contributed by atoms with Crippen molar-refractivity contribution in [2.45, 2.75) is 12.6 Å². The summed E-state index contributed by atoms with van der Waals surface area (Å²) in [4.78, 5) is 30.6. The van der Waals surface area contributed by atoms with Crippen LogP contribution in [-0.2, 0) is 15.8 Å². The predicted octanol–water partition coefficient (Wildman–Crippen LogP) is 3.41. The lowest BCUT2D eigenvalue weighted by atomic mass is 10.1. The van der Waals surface area contributed by atoms with E-state index in [-0.39, 0.29) is 30.5 Å². The van der Waals surface area contributed by atoms with E-state index in [0.29, 0.717) is 26.2 Å². The molecule has 2 aliphatic rings. The predicted molar refractivity (Wildman–Crippen MR) is 107 cm³/mol. The SMILES string of the molecule is O=C([C@H]1CC(=O)N(c2cccc(C(F)(F)F)c2)C1)N1CCN(c2ccccc2)CC1. The van der Waals surface area contributed by atoms with E-state index in [0.717, 1.165) is 17.8 Å². The number of para-hydroxylation sites is 1. The number of benzene rings is 2. The van der Waals surface area contributed by atoms with Crippen molar-refractivity contribution < 1.29 is 22.8 Å². The average Bonchev–Trinajstić information content (AvgIpc) is 3.15. The molecule has 2 amide bonds. The van der Waals surface area contributed by atoms with Crippen molar-refractivity contribution in [2.24, 2.45) is 5.92 Å². The van der Waals surface area contributed by atoms with Crippen molar-refractivity contribution in [1.82, 2.24) is 4.90 Å². The van der Waals surface area contributed by atoms with Crippen LogP contribution in [0, 0.1) is 5.92 Å². The van der Waals surface area contributed by atoms with E-state index in [9.17, 15) is 22.8 Å². The Labute approximate surface area is 172 Å². The van der Waals surface area contributed by atoms with Crippen LogP contribution in [0.15, 0.2) is 54.6 Å². The number of amides is 2. The average molecular weight is 417 g/mol. The van der Waals surface area contributed by atoms with Gasteiger partial charge in [0.25, 0.3) is 0 Å². The van der Waals surface area contributed by atoms with E-state index in [1.54, 1.807) is 4.90 Å². The Kier molecular flexibility index (Phi) is 5.40. The molecular weight excluding hydrogens is 395 g/mol. The van der Waals surface area contributed by atoms with Gasteiger partial charge in [0.2, 0.25) is 11.8 Å². The van der Waals surface area contributed by atoms with E-state index >= 15 is 0 Å². The highest BCUT2D eigenvalue weighted by Crippen LogP contribution is 2.34. The third-order valence-corrected chi connectivity index (χ3v) is 5.67. The van der Waals surface area contributed by atoms with Crippen LogP contribution in [0.1, 0.15) is 12.0 Å². The first-order valence-electron chi connectivity index (χ1n) is 9.89. The number of nitrogens with zero attached hydrogens (tertiary/aromatic N) is 3. The standard InChI is InChI=1S/C22H22F3N3O2/c23-22(24,25)17-5-4-8-19(14-17)28-15-16(13-20(28)29)21(30)27-11-9-26(10-12-27)18-6-2-1-3-7-18/h1-8,14,16H,9-13,15H2/t16-/m0/s1.